The zero-order valence-corrected chi connectivity index (χ0v) is 14.2. The molecule has 0 radical (unpaired) electrons. The summed E-state index contributed by atoms with van der Waals surface area (Å²) in [6, 6.07) is 9.93. The molecule has 6 heteroatoms. The van der Waals surface area contributed by atoms with Crippen LogP contribution in [-0.2, 0) is 11.3 Å². The van der Waals surface area contributed by atoms with Gasteiger partial charge in [0.25, 0.3) is 0 Å². The van der Waals surface area contributed by atoms with Crippen molar-refractivity contribution in [2.75, 3.05) is 7.11 Å². The van der Waals surface area contributed by atoms with Crippen LogP contribution in [0.2, 0.25) is 0 Å². The third kappa shape index (κ3) is 4.09. The lowest BCUT2D eigenvalue weighted by Crippen LogP contribution is -2.10. The molecule has 0 saturated heterocycles. The van der Waals surface area contributed by atoms with Gasteiger partial charge in [-0.2, -0.15) is 0 Å². The Morgan fingerprint density at radius 1 is 1.27 bits per heavy atom. The van der Waals surface area contributed by atoms with Crippen molar-refractivity contribution in [3.05, 3.63) is 56.9 Å². The molecule has 22 heavy (non-hydrogen) atoms. The van der Waals surface area contributed by atoms with E-state index >= 15 is 0 Å². The molecule has 116 valence electrons. The van der Waals surface area contributed by atoms with Crippen molar-refractivity contribution in [1.82, 2.24) is 0 Å². The second-order valence-electron chi connectivity index (χ2n) is 4.47. The van der Waals surface area contributed by atoms with E-state index in [0.717, 1.165) is 3.57 Å². The van der Waals surface area contributed by atoms with E-state index in [1.54, 1.807) is 31.2 Å². The number of carbonyl (C=O) groups excluding carboxylic acids is 1. The second kappa shape index (κ2) is 7.44. The number of hydrogen-bond donors (Lipinski definition) is 0. The van der Waals surface area contributed by atoms with Crippen LogP contribution in [0, 0.1) is 16.3 Å². The molecule has 2 aromatic carbocycles. The molecule has 0 spiro atoms. The minimum atomic E-state index is -0.801. The normalized spacial score (nSPS) is 10.2. The lowest BCUT2D eigenvalue weighted by Gasteiger charge is -2.12. The highest BCUT2D eigenvalue weighted by molar-refractivity contribution is 14.1. The van der Waals surface area contributed by atoms with Gasteiger partial charge >= 0.3 is 6.16 Å². The Hall–Kier alpha value is -1.83. The molecule has 2 rings (SSSR count). The number of carbonyl (C=O) groups is 1. The lowest BCUT2D eigenvalue weighted by atomic mass is 10.2. The summed E-state index contributed by atoms with van der Waals surface area (Å²) in [6.07, 6.45) is -0.801. The van der Waals surface area contributed by atoms with E-state index in [-0.39, 0.29) is 12.4 Å². The molecule has 0 heterocycles. The van der Waals surface area contributed by atoms with E-state index in [4.69, 9.17) is 9.47 Å². The minimum Gasteiger partial charge on any atom is -0.489 e. The van der Waals surface area contributed by atoms with E-state index in [0.29, 0.717) is 22.6 Å². The van der Waals surface area contributed by atoms with Crippen LogP contribution in [0.4, 0.5) is 9.18 Å². The molecule has 0 aliphatic rings. The first kappa shape index (κ1) is 16.5. The largest absolute Gasteiger partial charge is 0.513 e. The number of ether oxygens (including phenoxy) is 3. The predicted octanol–water partition coefficient (Wildman–Crippen LogP) is 4.46. The van der Waals surface area contributed by atoms with Crippen LogP contribution in [0.15, 0.2) is 36.4 Å². The number of aryl methyl sites for hydroxylation is 1. The van der Waals surface area contributed by atoms with Crippen LogP contribution in [-0.4, -0.2) is 13.3 Å². The summed E-state index contributed by atoms with van der Waals surface area (Å²) in [4.78, 5) is 11.3. The SMILES string of the molecule is COC(=O)Oc1cccc(I)c1COc1ccc(C)c(F)c1. The van der Waals surface area contributed by atoms with Gasteiger partial charge in [-0.15, -0.1) is 0 Å². The Labute approximate surface area is 141 Å². The van der Waals surface area contributed by atoms with Crippen molar-refractivity contribution < 1.29 is 23.4 Å². The summed E-state index contributed by atoms with van der Waals surface area (Å²) in [5, 5.41) is 0. The average molecular weight is 416 g/mol. The maximum absolute atomic E-state index is 13.5. The van der Waals surface area contributed by atoms with Crippen LogP contribution >= 0.6 is 22.6 Å². The molecule has 0 aliphatic heterocycles. The molecule has 2 aromatic rings. The smallest absolute Gasteiger partial charge is 0.489 e. The van der Waals surface area contributed by atoms with Crippen molar-refractivity contribution in [2.45, 2.75) is 13.5 Å². The number of hydrogen-bond acceptors (Lipinski definition) is 4. The Morgan fingerprint density at radius 2 is 2.05 bits per heavy atom. The quantitative estimate of drug-likeness (QED) is 0.420. The van der Waals surface area contributed by atoms with Crippen molar-refractivity contribution in [3.63, 3.8) is 0 Å². The van der Waals surface area contributed by atoms with Gasteiger partial charge in [0.1, 0.15) is 23.9 Å². The molecule has 0 bridgehead atoms. The van der Waals surface area contributed by atoms with Gasteiger partial charge in [-0.1, -0.05) is 12.1 Å². The van der Waals surface area contributed by atoms with Gasteiger partial charge in [-0.25, -0.2) is 9.18 Å². The molecule has 4 nitrogen and oxygen atoms in total. The lowest BCUT2D eigenvalue weighted by molar-refractivity contribution is 0.120. The van der Waals surface area contributed by atoms with Crippen molar-refractivity contribution in [3.8, 4) is 11.5 Å². The number of methoxy groups -OCH3 is 1. The van der Waals surface area contributed by atoms with Gasteiger partial charge in [-0.05, 0) is 53.3 Å². The molecular formula is C16H14FIO4. The zero-order chi connectivity index (χ0) is 16.1. The summed E-state index contributed by atoms with van der Waals surface area (Å²) in [6.45, 7) is 1.83. The third-order valence-corrected chi connectivity index (χ3v) is 3.97. The molecule has 0 aliphatic carbocycles. The van der Waals surface area contributed by atoms with E-state index < -0.39 is 6.16 Å². The summed E-state index contributed by atoms with van der Waals surface area (Å²) in [5.74, 6) is 0.435. The minimum absolute atomic E-state index is 0.147. The van der Waals surface area contributed by atoms with Crippen LogP contribution < -0.4 is 9.47 Å². The average Bonchev–Trinajstić information content (AvgIpc) is 2.50. The van der Waals surface area contributed by atoms with E-state index in [1.807, 2.05) is 6.07 Å². The molecule has 0 saturated carbocycles. The number of rotatable bonds is 4. The molecule has 0 amide bonds. The van der Waals surface area contributed by atoms with Crippen molar-refractivity contribution >= 4 is 28.7 Å². The Morgan fingerprint density at radius 3 is 2.73 bits per heavy atom. The standard InChI is InChI=1S/C16H14FIO4/c1-10-6-7-11(8-13(10)17)21-9-12-14(18)4-3-5-15(12)22-16(19)20-2/h3-8H,9H2,1-2H3. The van der Waals surface area contributed by atoms with Gasteiger partial charge in [0, 0.05) is 15.2 Å². The molecule has 0 atom stereocenters. The fourth-order valence-electron chi connectivity index (χ4n) is 1.72. The first-order valence-electron chi connectivity index (χ1n) is 6.43. The maximum atomic E-state index is 13.5. The second-order valence-corrected chi connectivity index (χ2v) is 5.63. The first-order valence-corrected chi connectivity index (χ1v) is 7.51. The van der Waals surface area contributed by atoms with Crippen molar-refractivity contribution in [2.24, 2.45) is 0 Å². The van der Waals surface area contributed by atoms with E-state index in [2.05, 4.69) is 27.3 Å². The highest BCUT2D eigenvalue weighted by Crippen LogP contribution is 2.26. The van der Waals surface area contributed by atoms with Gasteiger partial charge in [-0.3, -0.25) is 0 Å². The van der Waals surface area contributed by atoms with Gasteiger partial charge in [0.05, 0.1) is 7.11 Å². The van der Waals surface area contributed by atoms with Crippen LogP contribution in [0.3, 0.4) is 0 Å². The number of halogens is 2. The highest BCUT2D eigenvalue weighted by atomic mass is 127. The zero-order valence-electron chi connectivity index (χ0n) is 12.1. The van der Waals surface area contributed by atoms with Gasteiger partial charge < -0.3 is 14.2 Å². The summed E-state index contributed by atoms with van der Waals surface area (Å²) < 4.78 is 29.5. The fraction of sp³-hybridized carbons (Fsp3) is 0.188. The Balaban J connectivity index is 2.17. The fourth-order valence-corrected chi connectivity index (χ4v) is 2.35. The number of benzene rings is 2. The summed E-state index contributed by atoms with van der Waals surface area (Å²) >= 11 is 2.11. The van der Waals surface area contributed by atoms with E-state index in [1.165, 1.54) is 13.2 Å². The Bertz CT molecular complexity index is 688. The third-order valence-electron chi connectivity index (χ3n) is 2.96. The Kier molecular flexibility index (Phi) is 5.59. The molecule has 0 fully saturated rings. The monoisotopic (exact) mass is 416 g/mol. The van der Waals surface area contributed by atoms with E-state index in [9.17, 15) is 9.18 Å². The summed E-state index contributed by atoms with van der Waals surface area (Å²) in [7, 11) is 1.24. The van der Waals surface area contributed by atoms with Crippen LogP contribution in [0.1, 0.15) is 11.1 Å². The highest BCUT2D eigenvalue weighted by Gasteiger charge is 2.13. The van der Waals surface area contributed by atoms with Crippen LogP contribution in [0.5, 0.6) is 11.5 Å². The molecule has 0 unspecified atom stereocenters. The van der Waals surface area contributed by atoms with Gasteiger partial charge in [0.2, 0.25) is 0 Å². The predicted molar refractivity (Wildman–Crippen MR) is 87.7 cm³/mol. The van der Waals surface area contributed by atoms with Crippen molar-refractivity contribution in [1.29, 1.82) is 0 Å². The molecular weight excluding hydrogens is 402 g/mol. The maximum Gasteiger partial charge on any atom is 0.513 e. The topological polar surface area (TPSA) is 44.8 Å². The van der Waals surface area contributed by atoms with Gasteiger partial charge in [0.15, 0.2) is 0 Å². The first-order chi connectivity index (χ1) is 10.5. The molecule has 0 N–H and O–H groups in total. The molecule has 0 aromatic heterocycles. The van der Waals surface area contributed by atoms with Crippen LogP contribution in [0.25, 0.3) is 0 Å². The summed E-state index contributed by atoms with van der Waals surface area (Å²) in [5.41, 5.74) is 1.24.